The molecule has 1 aromatic rings. The Balaban J connectivity index is 2.06. The highest BCUT2D eigenvalue weighted by molar-refractivity contribution is 7.99. The number of halogens is 1. The lowest BCUT2D eigenvalue weighted by Crippen LogP contribution is -2.33. The Kier molecular flexibility index (Phi) is 5.57. The van der Waals surface area contributed by atoms with Gasteiger partial charge in [0.1, 0.15) is 0 Å². The molecule has 19 heavy (non-hydrogen) atoms. The third-order valence-electron chi connectivity index (χ3n) is 3.10. The fraction of sp³-hybridized carbons (Fsp3) is 0.538. The lowest BCUT2D eigenvalue weighted by atomic mass is 10.2. The van der Waals surface area contributed by atoms with E-state index >= 15 is 0 Å². The van der Waals surface area contributed by atoms with Gasteiger partial charge < -0.3 is 0 Å². The Labute approximate surface area is 124 Å². The van der Waals surface area contributed by atoms with E-state index in [0.29, 0.717) is 19.0 Å². The van der Waals surface area contributed by atoms with Gasteiger partial charge in [0.05, 0.1) is 5.75 Å². The molecule has 1 aliphatic heterocycles. The number of rotatable bonds is 4. The van der Waals surface area contributed by atoms with Gasteiger partial charge in [0.2, 0.25) is 10.0 Å². The molecular formula is C13H18ClNO2S2. The molecule has 6 heteroatoms. The minimum absolute atomic E-state index is 0.0836. The van der Waals surface area contributed by atoms with Crippen molar-refractivity contribution in [3.63, 3.8) is 0 Å². The zero-order valence-electron chi connectivity index (χ0n) is 10.7. The summed E-state index contributed by atoms with van der Waals surface area (Å²) in [6, 6.07) is 7.47. The minimum Gasteiger partial charge on any atom is -0.212 e. The van der Waals surface area contributed by atoms with Crippen LogP contribution in [0.25, 0.3) is 0 Å². The normalized spacial score (nSPS) is 18.2. The largest absolute Gasteiger partial charge is 0.218 e. The molecule has 1 fully saturated rings. The van der Waals surface area contributed by atoms with E-state index < -0.39 is 10.0 Å². The summed E-state index contributed by atoms with van der Waals surface area (Å²) in [6.07, 6.45) is 0.940. The smallest absolute Gasteiger partial charge is 0.212 e. The van der Waals surface area contributed by atoms with E-state index in [1.165, 1.54) is 0 Å². The fourth-order valence-corrected chi connectivity index (χ4v) is 4.78. The Bertz CT molecular complexity index is 494. The van der Waals surface area contributed by atoms with E-state index in [4.69, 9.17) is 11.6 Å². The van der Waals surface area contributed by atoms with Crippen LogP contribution in [0.3, 0.4) is 0 Å². The molecule has 0 bridgehead atoms. The molecule has 0 aliphatic carbocycles. The number of hydrogen-bond donors (Lipinski definition) is 0. The van der Waals surface area contributed by atoms with E-state index in [-0.39, 0.29) is 5.75 Å². The van der Waals surface area contributed by atoms with Crippen LogP contribution in [0.15, 0.2) is 24.3 Å². The number of benzene rings is 1. The van der Waals surface area contributed by atoms with Crippen molar-refractivity contribution >= 4 is 33.4 Å². The standard InChI is InChI=1S/C13H18ClNO2S2/c14-10-12-2-4-13(5-3-12)11-19(16,17)15-6-1-8-18-9-7-15/h2-5H,1,6-11H2. The van der Waals surface area contributed by atoms with Crippen LogP contribution in [0, 0.1) is 0 Å². The van der Waals surface area contributed by atoms with Crippen molar-refractivity contribution in [1.29, 1.82) is 0 Å². The summed E-state index contributed by atoms with van der Waals surface area (Å²) < 4.78 is 26.3. The number of nitrogens with zero attached hydrogens (tertiary/aromatic N) is 1. The zero-order chi connectivity index (χ0) is 13.7. The van der Waals surface area contributed by atoms with Gasteiger partial charge in [0.25, 0.3) is 0 Å². The lowest BCUT2D eigenvalue weighted by molar-refractivity contribution is 0.434. The van der Waals surface area contributed by atoms with Gasteiger partial charge in [0.15, 0.2) is 0 Å². The molecule has 0 saturated carbocycles. The third kappa shape index (κ3) is 4.38. The second-order valence-electron chi connectivity index (χ2n) is 4.57. The fourth-order valence-electron chi connectivity index (χ4n) is 2.03. The number of hydrogen-bond acceptors (Lipinski definition) is 3. The van der Waals surface area contributed by atoms with E-state index in [9.17, 15) is 8.42 Å². The van der Waals surface area contributed by atoms with Gasteiger partial charge in [0, 0.05) is 24.7 Å². The van der Waals surface area contributed by atoms with Crippen LogP contribution < -0.4 is 0 Å². The van der Waals surface area contributed by atoms with Gasteiger partial charge in [-0.05, 0) is 23.3 Å². The van der Waals surface area contributed by atoms with Crippen molar-refractivity contribution in [1.82, 2.24) is 4.31 Å². The number of thioether (sulfide) groups is 1. The molecular weight excluding hydrogens is 302 g/mol. The van der Waals surface area contributed by atoms with Crippen LogP contribution in [-0.2, 0) is 21.7 Å². The third-order valence-corrected chi connectivity index (χ3v) is 6.31. The summed E-state index contributed by atoms with van der Waals surface area (Å²) >= 11 is 7.55. The van der Waals surface area contributed by atoms with Crippen molar-refractivity contribution in [2.45, 2.75) is 18.1 Å². The second kappa shape index (κ2) is 6.97. The maximum Gasteiger partial charge on any atom is 0.218 e. The molecule has 0 atom stereocenters. The highest BCUT2D eigenvalue weighted by Gasteiger charge is 2.23. The summed E-state index contributed by atoms with van der Waals surface area (Å²) in [5.41, 5.74) is 1.83. The highest BCUT2D eigenvalue weighted by Crippen LogP contribution is 2.17. The van der Waals surface area contributed by atoms with Crippen LogP contribution >= 0.6 is 23.4 Å². The number of sulfonamides is 1. The van der Waals surface area contributed by atoms with Crippen LogP contribution in [-0.4, -0.2) is 37.3 Å². The summed E-state index contributed by atoms with van der Waals surface area (Å²) in [7, 11) is -3.19. The molecule has 0 radical (unpaired) electrons. The van der Waals surface area contributed by atoms with Crippen LogP contribution in [0.5, 0.6) is 0 Å². The summed E-state index contributed by atoms with van der Waals surface area (Å²) in [6.45, 7) is 1.28. The maximum absolute atomic E-state index is 12.4. The second-order valence-corrected chi connectivity index (χ2v) is 8.03. The van der Waals surface area contributed by atoms with Crippen molar-refractivity contribution in [3.05, 3.63) is 35.4 Å². The molecule has 3 nitrogen and oxygen atoms in total. The molecule has 0 aromatic heterocycles. The van der Waals surface area contributed by atoms with Crippen molar-refractivity contribution in [2.75, 3.05) is 24.6 Å². The first-order valence-electron chi connectivity index (χ1n) is 6.31. The van der Waals surface area contributed by atoms with Crippen molar-refractivity contribution < 1.29 is 8.42 Å². The molecule has 2 rings (SSSR count). The van der Waals surface area contributed by atoms with Crippen LogP contribution in [0.4, 0.5) is 0 Å². The van der Waals surface area contributed by atoms with E-state index in [2.05, 4.69) is 0 Å². The molecule has 1 aliphatic rings. The van der Waals surface area contributed by atoms with E-state index in [1.807, 2.05) is 36.0 Å². The molecule has 0 N–H and O–H groups in total. The lowest BCUT2D eigenvalue weighted by Gasteiger charge is -2.19. The monoisotopic (exact) mass is 319 g/mol. The summed E-state index contributed by atoms with van der Waals surface area (Å²) in [5.74, 6) is 2.48. The molecule has 0 unspecified atom stereocenters. The maximum atomic E-state index is 12.4. The molecule has 0 amide bonds. The first-order valence-corrected chi connectivity index (χ1v) is 9.61. The average Bonchev–Trinajstić information content (AvgIpc) is 2.68. The SMILES string of the molecule is O=S(=O)(Cc1ccc(CCl)cc1)N1CCCSCC1. The van der Waals surface area contributed by atoms with Gasteiger partial charge in [-0.1, -0.05) is 24.3 Å². The van der Waals surface area contributed by atoms with E-state index in [1.54, 1.807) is 4.31 Å². The quantitative estimate of drug-likeness (QED) is 0.801. The molecule has 1 aromatic carbocycles. The highest BCUT2D eigenvalue weighted by atomic mass is 35.5. The summed E-state index contributed by atoms with van der Waals surface area (Å²) in [4.78, 5) is 0. The van der Waals surface area contributed by atoms with Gasteiger partial charge in [-0.2, -0.15) is 11.8 Å². The summed E-state index contributed by atoms with van der Waals surface area (Å²) in [5, 5.41) is 0. The predicted molar refractivity (Wildman–Crippen MR) is 82.1 cm³/mol. The van der Waals surface area contributed by atoms with Crippen molar-refractivity contribution in [3.8, 4) is 0 Å². The first kappa shape index (κ1) is 15.2. The Hall–Kier alpha value is -0.230. The minimum atomic E-state index is -3.19. The molecule has 1 heterocycles. The van der Waals surface area contributed by atoms with Gasteiger partial charge in [-0.3, -0.25) is 0 Å². The molecule has 1 saturated heterocycles. The topological polar surface area (TPSA) is 37.4 Å². The van der Waals surface area contributed by atoms with E-state index in [0.717, 1.165) is 29.1 Å². The van der Waals surface area contributed by atoms with Gasteiger partial charge in [-0.15, -0.1) is 11.6 Å². The van der Waals surface area contributed by atoms with Gasteiger partial charge >= 0.3 is 0 Å². The predicted octanol–water partition coefficient (Wildman–Crippen LogP) is 2.69. The first-order chi connectivity index (χ1) is 9.12. The van der Waals surface area contributed by atoms with Gasteiger partial charge in [-0.25, -0.2) is 12.7 Å². The van der Waals surface area contributed by atoms with Crippen molar-refractivity contribution in [2.24, 2.45) is 0 Å². The van der Waals surface area contributed by atoms with Crippen LogP contribution in [0.1, 0.15) is 17.5 Å². The molecule has 106 valence electrons. The Morgan fingerprint density at radius 3 is 2.47 bits per heavy atom. The Morgan fingerprint density at radius 2 is 1.79 bits per heavy atom. The molecule has 0 spiro atoms. The zero-order valence-corrected chi connectivity index (χ0v) is 13.1. The van der Waals surface area contributed by atoms with Crippen LogP contribution in [0.2, 0.25) is 0 Å². The number of alkyl halides is 1. The average molecular weight is 320 g/mol. The Morgan fingerprint density at radius 1 is 1.11 bits per heavy atom.